The molecule has 0 bridgehead atoms. The van der Waals surface area contributed by atoms with Gasteiger partial charge >= 0.3 is 0 Å². The minimum atomic E-state index is 0.141. The number of likely N-dealkylation sites (N-methyl/N-ethyl adjacent to an activating group) is 2. The van der Waals surface area contributed by atoms with Gasteiger partial charge in [0, 0.05) is 48.9 Å². The van der Waals surface area contributed by atoms with Crippen molar-refractivity contribution in [3.05, 3.63) is 28.8 Å². The molecule has 0 amide bonds. The van der Waals surface area contributed by atoms with Crippen molar-refractivity contribution in [1.82, 2.24) is 20.4 Å². The highest BCUT2D eigenvalue weighted by molar-refractivity contribution is 8.00. The third kappa shape index (κ3) is 10.8. The van der Waals surface area contributed by atoms with E-state index in [1.54, 1.807) is 0 Å². The molecular formula is C24H46N4S. The lowest BCUT2D eigenvalue weighted by Crippen LogP contribution is -2.28. The Hall–Kier alpha value is -0.590. The topological polar surface area (TPSA) is 30.5 Å². The van der Waals surface area contributed by atoms with Gasteiger partial charge in [-0.3, -0.25) is 0 Å². The Morgan fingerprint density at radius 3 is 1.48 bits per heavy atom. The molecule has 4 nitrogen and oxygen atoms in total. The number of hydrogen-bond donors (Lipinski definition) is 2. The SMILES string of the molecule is CN(C)CCNCc1cc(C(C)(C)C)cc(CNCCN(C)C)c1SC(C)(C)C. The Bertz CT molecular complexity index is 575. The molecule has 0 aliphatic heterocycles. The zero-order chi connectivity index (χ0) is 22.2. The largest absolute Gasteiger partial charge is 0.311 e. The van der Waals surface area contributed by atoms with Crippen molar-refractivity contribution in [2.75, 3.05) is 54.4 Å². The summed E-state index contributed by atoms with van der Waals surface area (Å²) in [5.74, 6) is 0. The Balaban J connectivity index is 3.19. The fourth-order valence-electron chi connectivity index (χ4n) is 2.94. The molecule has 2 N–H and O–H groups in total. The van der Waals surface area contributed by atoms with Crippen LogP contribution < -0.4 is 10.6 Å². The minimum Gasteiger partial charge on any atom is -0.311 e. The summed E-state index contributed by atoms with van der Waals surface area (Å²) in [6.07, 6.45) is 0. The molecule has 0 aromatic heterocycles. The molecule has 168 valence electrons. The van der Waals surface area contributed by atoms with Gasteiger partial charge in [-0.05, 0) is 50.3 Å². The number of benzene rings is 1. The first-order valence-corrected chi connectivity index (χ1v) is 11.7. The van der Waals surface area contributed by atoms with Crippen molar-refractivity contribution in [2.45, 2.75) is 69.7 Å². The first kappa shape index (κ1) is 26.4. The molecule has 5 heteroatoms. The van der Waals surface area contributed by atoms with Crippen LogP contribution >= 0.6 is 11.8 Å². The lowest BCUT2D eigenvalue weighted by atomic mass is 9.85. The van der Waals surface area contributed by atoms with Crippen LogP contribution in [0.3, 0.4) is 0 Å². The van der Waals surface area contributed by atoms with Gasteiger partial charge in [-0.15, -0.1) is 11.8 Å². The van der Waals surface area contributed by atoms with Gasteiger partial charge in [0.2, 0.25) is 0 Å². The summed E-state index contributed by atoms with van der Waals surface area (Å²) >= 11 is 2.00. The van der Waals surface area contributed by atoms with Crippen LogP contribution in [-0.4, -0.2) is 68.9 Å². The van der Waals surface area contributed by atoms with E-state index < -0.39 is 0 Å². The van der Waals surface area contributed by atoms with E-state index in [-0.39, 0.29) is 10.2 Å². The zero-order valence-corrected chi connectivity index (χ0v) is 21.5. The van der Waals surface area contributed by atoms with Gasteiger partial charge in [0.25, 0.3) is 0 Å². The number of rotatable bonds is 11. The number of thioether (sulfide) groups is 1. The number of nitrogens with zero attached hydrogens (tertiary/aromatic N) is 2. The van der Waals surface area contributed by atoms with Crippen molar-refractivity contribution in [2.24, 2.45) is 0 Å². The first-order chi connectivity index (χ1) is 13.3. The Morgan fingerprint density at radius 2 is 1.17 bits per heavy atom. The second kappa shape index (κ2) is 11.7. The van der Waals surface area contributed by atoms with E-state index in [4.69, 9.17) is 0 Å². The Kier molecular flexibility index (Phi) is 10.7. The fourth-order valence-corrected chi connectivity index (χ4v) is 4.08. The van der Waals surface area contributed by atoms with Crippen LogP contribution in [0.2, 0.25) is 0 Å². The summed E-state index contributed by atoms with van der Waals surface area (Å²) in [7, 11) is 8.50. The van der Waals surface area contributed by atoms with E-state index in [0.29, 0.717) is 0 Å². The molecule has 0 heterocycles. The van der Waals surface area contributed by atoms with E-state index in [1.165, 1.54) is 21.6 Å². The van der Waals surface area contributed by atoms with Gasteiger partial charge in [-0.2, -0.15) is 0 Å². The highest BCUT2D eigenvalue weighted by Gasteiger charge is 2.22. The molecule has 1 aromatic carbocycles. The summed E-state index contributed by atoms with van der Waals surface area (Å²) in [6, 6.07) is 4.86. The average Bonchev–Trinajstić information content (AvgIpc) is 2.54. The third-order valence-corrected chi connectivity index (χ3v) is 5.96. The summed E-state index contributed by atoms with van der Waals surface area (Å²) < 4.78 is 0.181. The lowest BCUT2D eigenvalue weighted by Gasteiger charge is -2.27. The maximum absolute atomic E-state index is 3.67. The van der Waals surface area contributed by atoms with Crippen molar-refractivity contribution in [1.29, 1.82) is 0 Å². The third-order valence-electron chi connectivity index (χ3n) is 4.62. The van der Waals surface area contributed by atoms with E-state index in [1.807, 2.05) is 11.8 Å². The molecule has 0 atom stereocenters. The van der Waals surface area contributed by atoms with Crippen molar-refractivity contribution in [3.8, 4) is 0 Å². The molecule has 29 heavy (non-hydrogen) atoms. The van der Waals surface area contributed by atoms with Crippen LogP contribution in [0.15, 0.2) is 17.0 Å². The number of nitrogens with one attached hydrogen (secondary N) is 2. The van der Waals surface area contributed by atoms with E-state index >= 15 is 0 Å². The quantitative estimate of drug-likeness (QED) is 0.413. The predicted octanol–water partition coefficient (Wildman–Crippen LogP) is 4.18. The second-order valence-electron chi connectivity index (χ2n) is 10.5. The van der Waals surface area contributed by atoms with E-state index in [2.05, 4.69) is 102 Å². The highest BCUT2D eigenvalue weighted by atomic mass is 32.2. The number of hydrogen-bond acceptors (Lipinski definition) is 5. The zero-order valence-electron chi connectivity index (χ0n) is 20.7. The smallest absolute Gasteiger partial charge is 0.0217 e. The van der Waals surface area contributed by atoms with Gasteiger partial charge in [-0.25, -0.2) is 0 Å². The standard InChI is InChI=1S/C24H46N4S/c1-23(2,3)21-15-19(17-25-11-13-27(7)8)22(29-24(4,5)6)20(16-21)18-26-12-14-28(9)10/h15-16,25-26H,11-14,17-18H2,1-10H3. The van der Waals surface area contributed by atoms with Crippen LogP contribution in [0.1, 0.15) is 58.2 Å². The molecule has 1 aromatic rings. The summed E-state index contributed by atoms with van der Waals surface area (Å²) in [5.41, 5.74) is 4.42. The van der Waals surface area contributed by atoms with E-state index in [0.717, 1.165) is 39.3 Å². The summed E-state index contributed by atoms with van der Waals surface area (Å²) in [6.45, 7) is 19.8. The van der Waals surface area contributed by atoms with Gasteiger partial charge in [-0.1, -0.05) is 53.7 Å². The summed E-state index contributed by atoms with van der Waals surface area (Å²) in [4.78, 5) is 5.90. The maximum atomic E-state index is 3.67. The van der Waals surface area contributed by atoms with Gasteiger partial charge in [0.05, 0.1) is 0 Å². The molecule has 0 fully saturated rings. The first-order valence-electron chi connectivity index (χ1n) is 10.9. The molecule has 0 radical (unpaired) electrons. The van der Waals surface area contributed by atoms with Crippen LogP contribution in [-0.2, 0) is 18.5 Å². The summed E-state index contributed by atoms with van der Waals surface area (Å²) in [5, 5.41) is 7.33. The molecule has 0 spiro atoms. The molecule has 0 unspecified atom stereocenters. The average molecular weight is 423 g/mol. The van der Waals surface area contributed by atoms with Crippen molar-refractivity contribution >= 4 is 11.8 Å². The normalized spacial score (nSPS) is 13.0. The maximum Gasteiger partial charge on any atom is 0.0217 e. The van der Waals surface area contributed by atoms with Crippen LogP contribution in [0, 0.1) is 0 Å². The van der Waals surface area contributed by atoms with E-state index in [9.17, 15) is 0 Å². The van der Waals surface area contributed by atoms with Gasteiger partial charge in [0.1, 0.15) is 0 Å². The molecule has 0 saturated carbocycles. The molecular weight excluding hydrogens is 376 g/mol. The predicted molar refractivity (Wildman–Crippen MR) is 131 cm³/mol. The minimum absolute atomic E-state index is 0.141. The highest BCUT2D eigenvalue weighted by Crippen LogP contribution is 2.39. The van der Waals surface area contributed by atoms with Gasteiger partial charge < -0.3 is 20.4 Å². The van der Waals surface area contributed by atoms with Crippen LogP contribution in [0.4, 0.5) is 0 Å². The Labute approximate surface area is 185 Å². The fraction of sp³-hybridized carbons (Fsp3) is 0.750. The monoisotopic (exact) mass is 422 g/mol. The van der Waals surface area contributed by atoms with Gasteiger partial charge in [0.15, 0.2) is 0 Å². The van der Waals surface area contributed by atoms with Crippen molar-refractivity contribution in [3.63, 3.8) is 0 Å². The van der Waals surface area contributed by atoms with Crippen LogP contribution in [0.25, 0.3) is 0 Å². The lowest BCUT2D eigenvalue weighted by molar-refractivity contribution is 0.398. The molecule has 0 aliphatic rings. The molecule has 1 rings (SSSR count). The van der Waals surface area contributed by atoms with Crippen molar-refractivity contribution < 1.29 is 0 Å². The van der Waals surface area contributed by atoms with Crippen LogP contribution in [0.5, 0.6) is 0 Å². The molecule has 0 saturated heterocycles. The molecule has 0 aliphatic carbocycles. The second-order valence-corrected chi connectivity index (χ2v) is 12.4. The Morgan fingerprint density at radius 1 is 0.759 bits per heavy atom.